The maximum absolute atomic E-state index is 11.8. The molecule has 1 N–H and O–H groups in total. The normalized spacial score (nSPS) is 22.0. The molecule has 0 spiro atoms. The van der Waals surface area contributed by atoms with Gasteiger partial charge >= 0.3 is 0 Å². The van der Waals surface area contributed by atoms with Gasteiger partial charge in [0.05, 0.1) is 0 Å². The summed E-state index contributed by atoms with van der Waals surface area (Å²) in [7, 11) is 0. The van der Waals surface area contributed by atoms with Crippen molar-refractivity contribution in [3.05, 3.63) is 22.2 Å². The van der Waals surface area contributed by atoms with E-state index in [-0.39, 0.29) is 5.56 Å². The Labute approximate surface area is 120 Å². The average Bonchev–Trinajstić information content (AvgIpc) is 3.30. The number of hydrogen-bond acceptors (Lipinski definition) is 4. The zero-order chi connectivity index (χ0) is 14.1. The molecule has 1 saturated heterocycles. The molecule has 2 aliphatic rings. The maximum atomic E-state index is 11.8. The van der Waals surface area contributed by atoms with E-state index in [1.807, 2.05) is 0 Å². The van der Waals surface area contributed by atoms with Crippen LogP contribution in [0.15, 0.2) is 10.9 Å². The molecule has 1 aliphatic heterocycles. The summed E-state index contributed by atoms with van der Waals surface area (Å²) in [5.41, 5.74) is -0.0127. The Kier molecular flexibility index (Phi) is 3.78. The molecule has 1 saturated carbocycles. The topological polar surface area (TPSA) is 52.2 Å². The van der Waals surface area contributed by atoms with Crippen LogP contribution in [-0.2, 0) is 0 Å². The van der Waals surface area contributed by atoms with E-state index >= 15 is 0 Å². The molecule has 1 atom stereocenters. The van der Waals surface area contributed by atoms with Gasteiger partial charge in [-0.15, -0.1) is 0 Å². The summed E-state index contributed by atoms with van der Waals surface area (Å²) in [6.45, 7) is 8.56. The summed E-state index contributed by atoms with van der Waals surface area (Å²) < 4.78 is 0. The van der Waals surface area contributed by atoms with Crippen molar-refractivity contribution >= 4 is 5.82 Å². The zero-order valence-electron chi connectivity index (χ0n) is 12.4. The molecule has 2 fully saturated rings. The summed E-state index contributed by atoms with van der Waals surface area (Å²) in [6.07, 6.45) is 3.51. The van der Waals surface area contributed by atoms with Gasteiger partial charge in [0.2, 0.25) is 0 Å². The number of nitrogens with one attached hydrogen (secondary N) is 1. The predicted octanol–water partition coefficient (Wildman–Crippen LogP) is 1.57. The minimum Gasteiger partial charge on any atom is -0.354 e. The number of hydrogen-bond donors (Lipinski definition) is 1. The van der Waals surface area contributed by atoms with E-state index in [2.05, 4.69) is 33.6 Å². The summed E-state index contributed by atoms with van der Waals surface area (Å²) in [5, 5.41) is 0. The first-order valence-electron chi connectivity index (χ1n) is 7.77. The smallest absolute Gasteiger partial charge is 0.252 e. The highest BCUT2D eigenvalue weighted by molar-refractivity contribution is 5.38. The third kappa shape index (κ3) is 2.87. The lowest BCUT2D eigenvalue weighted by Gasteiger charge is -2.38. The highest BCUT2D eigenvalue weighted by atomic mass is 16.1. The molecule has 1 unspecified atom stereocenters. The standard InChI is InChI=1S/C15H24N4O/c1-3-11(2)18-6-8-19(9-7-18)13-10-14(20)17-15(16-13)12-4-5-12/h10-12H,3-9H2,1-2H3,(H,16,17,20). The highest BCUT2D eigenvalue weighted by Crippen LogP contribution is 2.37. The summed E-state index contributed by atoms with van der Waals surface area (Å²) >= 11 is 0. The summed E-state index contributed by atoms with van der Waals surface area (Å²) in [5.74, 6) is 2.24. The number of nitrogens with zero attached hydrogens (tertiary/aromatic N) is 3. The van der Waals surface area contributed by atoms with Gasteiger partial charge in [-0.2, -0.15) is 0 Å². The van der Waals surface area contributed by atoms with Crippen LogP contribution in [0.25, 0.3) is 0 Å². The van der Waals surface area contributed by atoms with Crippen molar-refractivity contribution in [1.82, 2.24) is 14.9 Å². The molecule has 0 aromatic carbocycles. The van der Waals surface area contributed by atoms with Crippen LogP contribution < -0.4 is 10.5 Å². The van der Waals surface area contributed by atoms with Crippen molar-refractivity contribution in [1.29, 1.82) is 0 Å². The molecule has 5 nitrogen and oxygen atoms in total. The third-order valence-electron chi connectivity index (χ3n) is 4.56. The predicted molar refractivity (Wildman–Crippen MR) is 80.4 cm³/mol. The summed E-state index contributed by atoms with van der Waals surface area (Å²) in [6, 6.07) is 2.29. The van der Waals surface area contributed by atoms with Crippen LogP contribution in [0.3, 0.4) is 0 Å². The van der Waals surface area contributed by atoms with Gasteiger partial charge in [-0.1, -0.05) is 6.92 Å². The SMILES string of the molecule is CCC(C)N1CCN(c2cc(=O)[nH]c(C3CC3)n2)CC1. The monoisotopic (exact) mass is 276 g/mol. The maximum Gasteiger partial charge on any atom is 0.252 e. The number of anilines is 1. The van der Waals surface area contributed by atoms with Crippen molar-refractivity contribution in [3.63, 3.8) is 0 Å². The molecular formula is C15H24N4O. The van der Waals surface area contributed by atoms with Gasteiger partial charge in [-0.05, 0) is 26.2 Å². The van der Waals surface area contributed by atoms with Crippen LogP contribution in [0.5, 0.6) is 0 Å². The fourth-order valence-electron chi connectivity index (χ4n) is 2.83. The van der Waals surface area contributed by atoms with Crippen molar-refractivity contribution in [2.24, 2.45) is 0 Å². The minimum atomic E-state index is -0.0127. The van der Waals surface area contributed by atoms with Gasteiger partial charge in [0.25, 0.3) is 5.56 Å². The van der Waals surface area contributed by atoms with Gasteiger partial charge in [0.15, 0.2) is 0 Å². The molecule has 3 rings (SSSR count). The van der Waals surface area contributed by atoms with E-state index in [1.165, 1.54) is 6.42 Å². The number of piperazine rings is 1. The van der Waals surface area contributed by atoms with Gasteiger partial charge in [0.1, 0.15) is 11.6 Å². The second-order valence-corrected chi connectivity index (χ2v) is 6.04. The number of aromatic amines is 1. The number of rotatable bonds is 4. The molecule has 1 aliphatic carbocycles. The van der Waals surface area contributed by atoms with Gasteiger partial charge in [0, 0.05) is 44.2 Å². The fourth-order valence-corrected chi connectivity index (χ4v) is 2.83. The third-order valence-corrected chi connectivity index (χ3v) is 4.56. The first-order valence-corrected chi connectivity index (χ1v) is 7.77. The number of H-pyrrole nitrogens is 1. The Morgan fingerprint density at radius 3 is 2.65 bits per heavy atom. The van der Waals surface area contributed by atoms with Gasteiger partial charge in [-0.25, -0.2) is 4.98 Å². The molecule has 0 bridgehead atoms. The molecular weight excluding hydrogens is 252 g/mol. The van der Waals surface area contributed by atoms with Gasteiger partial charge in [-0.3, -0.25) is 9.69 Å². The van der Waals surface area contributed by atoms with Crippen molar-refractivity contribution in [2.75, 3.05) is 31.1 Å². The molecule has 0 radical (unpaired) electrons. The quantitative estimate of drug-likeness (QED) is 0.907. The van der Waals surface area contributed by atoms with Crippen LogP contribution >= 0.6 is 0 Å². The van der Waals surface area contributed by atoms with E-state index < -0.39 is 0 Å². The van der Waals surface area contributed by atoms with E-state index in [9.17, 15) is 4.79 Å². The molecule has 1 aromatic heterocycles. The number of aromatic nitrogens is 2. The van der Waals surface area contributed by atoms with Crippen LogP contribution in [0.2, 0.25) is 0 Å². The van der Waals surface area contributed by atoms with E-state index in [0.29, 0.717) is 12.0 Å². The Balaban J connectivity index is 1.70. The minimum absolute atomic E-state index is 0.0127. The lowest BCUT2D eigenvalue weighted by molar-refractivity contribution is 0.192. The first-order chi connectivity index (χ1) is 9.67. The highest BCUT2D eigenvalue weighted by Gasteiger charge is 2.28. The van der Waals surface area contributed by atoms with Gasteiger partial charge < -0.3 is 9.88 Å². The molecule has 0 amide bonds. The largest absolute Gasteiger partial charge is 0.354 e. The molecule has 5 heteroatoms. The molecule has 1 aromatic rings. The van der Waals surface area contributed by atoms with Crippen molar-refractivity contribution in [3.8, 4) is 0 Å². The van der Waals surface area contributed by atoms with Crippen LogP contribution in [0, 0.1) is 0 Å². The Morgan fingerprint density at radius 1 is 1.35 bits per heavy atom. The summed E-state index contributed by atoms with van der Waals surface area (Å²) in [4.78, 5) is 24.1. The molecule has 20 heavy (non-hydrogen) atoms. The second-order valence-electron chi connectivity index (χ2n) is 6.04. The Morgan fingerprint density at radius 2 is 2.05 bits per heavy atom. The fraction of sp³-hybridized carbons (Fsp3) is 0.733. The van der Waals surface area contributed by atoms with E-state index in [0.717, 1.165) is 50.7 Å². The Bertz CT molecular complexity index is 515. The van der Waals surface area contributed by atoms with Crippen LogP contribution in [-0.4, -0.2) is 47.1 Å². The van der Waals surface area contributed by atoms with E-state index in [1.54, 1.807) is 6.07 Å². The second kappa shape index (κ2) is 5.56. The van der Waals surface area contributed by atoms with E-state index in [4.69, 9.17) is 0 Å². The van der Waals surface area contributed by atoms with Crippen LogP contribution in [0.1, 0.15) is 44.9 Å². The van der Waals surface area contributed by atoms with Crippen molar-refractivity contribution in [2.45, 2.75) is 45.1 Å². The van der Waals surface area contributed by atoms with Crippen molar-refractivity contribution < 1.29 is 0 Å². The lowest BCUT2D eigenvalue weighted by atomic mass is 10.2. The molecule has 2 heterocycles. The lowest BCUT2D eigenvalue weighted by Crippen LogP contribution is -2.50. The first kappa shape index (κ1) is 13.6. The average molecular weight is 276 g/mol. The molecule has 110 valence electrons. The Hall–Kier alpha value is -1.36. The van der Waals surface area contributed by atoms with Crippen LogP contribution in [0.4, 0.5) is 5.82 Å². The zero-order valence-corrected chi connectivity index (χ0v) is 12.4.